The van der Waals surface area contributed by atoms with Crippen LogP contribution in [-0.2, 0) is 9.59 Å². The third kappa shape index (κ3) is 3.36. The van der Waals surface area contributed by atoms with Gasteiger partial charge in [0.1, 0.15) is 11.2 Å². The number of carbonyl (C=O) groups is 3. The zero-order valence-electron chi connectivity index (χ0n) is 13.5. The number of rotatable bonds is 6. The number of hydrazine groups is 1. The Balaban J connectivity index is 1.55. The van der Waals surface area contributed by atoms with Crippen molar-refractivity contribution >= 4 is 29.6 Å². The van der Waals surface area contributed by atoms with E-state index < -0.39 is 23.4 Å². The van der Waals surface area contributed by atoms with Crippen LogP contribution in [0, 0.1) is 0 Å². The minimum Gasteiger partial charge on any atom is -0.410 e. The fraction of sp³-hybridized carbons (Fsp3) is 0.357. The minimum atomic E-state index is -1.01. The lowest BCUT2D eigenvalue weighted by molar-refractivity contribution is -0.137. The molecule has 11 heteroatoms. The number of amides is 4. The third-order valence-corrected chi connectivity index (χ3v) is 4.58. The van der Waals surface area contributed by atoms with Crippen LogP contribution < -0.4 is 10.7 Å². The summed E-state index contributed by atoms with van der Waals surface area (Å²) in [5, 5.41) is 11.1. The number of carbonyl (C=O) groups excluding carboxylic acids is 3. The van der Waals surface area contributed by atoms with Gasteiger partial charge in [-0.25, -0.2) is 4.79 Å². The largest absolute Gasteiger partial charge is 0.410 e. The van der Waals surface area contributed by atoms with Crippen molar-refractivity contribution in [2.75, 3.05) is 5.75 Å². The normalized spacial score (nSPS) is 20.0. The SMILES string of the molecule is CC[C@@]1(C)NC(=O)N(NC(=O)CSc2nnc(-c3ccc[nH]3)o2)C1=O. The van der Waals surface area contributed by atoms with E-state index in [1.807, 2.05) is 0 Å². The van der Waals surface area contributed by atoms with Crippen molar-refractivity contribution in [1.82, 2.24) is 30.9 Å². The number of aromatic amines is 1. The molecule has 0 spiro atoms. The van der Waals surface area contributed by atoms with E-state index in [1.165, 1.54) is 0 Å². The summed E-state index contributed by atoms with van der Waals surface area (Å²) in [6.45, 7) is 3.38. The maximum absolute atomic E-state index is 12.2. The molecule has 1 aliphatic rings. The second kappa shape index (κ2) is 6.59. The Kier molecular flexibility index (Phi) is 4.49. The fourth-order valence-electron chi connectivity index (χ4n) is 2.15. The number of hydrogen-bond donors (Lipinski definition) is 3. The fourth-order valence-corrected chi connectivity index (χ4v) is 2.71. The molecule has 3 heterocycles. The molecule has 0 radical (unpaired) electrons. The van der Waals surface area contributed by atoms with Crippen LogP contribution in [0.5, 0.6) is 0 Å². The van der Waals surface area contributed by atoms with Crippen molar-refractivity contribution in [3.05, 3.63) is 18.3 Å². The monoisotopic (exact) mass is 364 g/mol. The van der Waals surface area contributed by atoms with E-state index in [0.717, 1.165) is 11.8 Å². The van der Waals surface area contributed by atoms with Gasteiger partial charge < -0.3 is 14.7 Å². The lowest BCUT2D eigenvalue weighted by Gasteiger charge is -2.19. The molecule has 132 valence electrons. The van der Waals surface area contributed by atoms with Crippen molar-refractivity contribution < 1.29 is 18.8 Å². The molecule has 25 heavy (non-hydrogen) atoms. The first kappa shape index (κ1) is 17.0. The lowest BCUT2D eigenvalue weighted by atomic mass is 10.00. The number of nitrogens with zero attached hydrogens (tertiary/aromatic N) is 3. The Labute approximate surface area is 146 Å². The van der Waals surface area contributed by atoms with E-state index in [1.54, 1.807) is 32.2 Å². The first-order chi connectivity index (χ1) is 11.9. The van der Waals surface area contributed by atoms with Crippen LogP contribution in [0.2, 0.25) is 0 Å². The van der Waals surface area contributed by atoms with Gasteiger partial charge in [0, 0.05) is 6.20 Å². The van der Waals surface area contributed by atoms with E-state index in [9.17, 15) is 14.4 Å². The Morgan fingerprint density at radius 3 is 2.88 bits per heavy atom. The van der Waals surface area contributed by atoms with Crippen molar-refractivity contribution in [3.8, 4) is 11.6 Å². The molecule has 2 aromatic rings. The summed E-state index contributed by atoms with van der Waals surface area (Å²) in [6, 6.07) is 2.92. The molecule has 1 aliphatic heterocycles. The van der Waals surface area contributed by atoms with Crippen LogP contribution >= 0.6 is 11.8 Å². The number of aromatic nitrogens is 3. The van der Waals surface area contributed by atoms with Gasteiger partial charge in [-0.1, -0.05) is 18.7 Å². The van der Waals surface area contributed by atoms with E-state index in [4.69, 9.17) is 4.42 Å². The summed E-state index contributed by atoms with van der Waals surface area (Å²) in [6.07, 6.45) is 2.14. The van der Waals surface area contributed by atoms with Crippen molar-refractivity contribution in [2.24, 2.45) is 0 Å². The summed E-state index contributed by atoms with van der Waals surface area (Å²) < 4.78 is 5.41. The maximum atomic E-state index is 12.2. The van der Waals surface area contributed by atoms with Crippen LogP contribution in [0.25, 0.3) is 11.6 Å². The van der Waals surface area contributed by atoms with E-state index in [-0.39, 0.29) is 11.0 Å². The third-order valence-electron chi connectivity index (χ3n) is 3.77. The molecule has 0 aliphatic carbocycles. The Morgan fingerprint density at radius 2 is 2.24 bits per heavy atom. The standard InChI is InChI=1S/C14H16N6O4S/c1-3-14(2)11(22)20(12(23)16-14)19-9(21)7-25-13-18-17-10(24-13)8-5-4-6-15-8/h4-6,15H,3,7H2,1-2H3,(H,16,23)(H,19,21)/t14-/m1/s1. The van der Waals surface area contributed by atoms with E-state index >= 15 is 0 Å². The highest BCUT2D eigenvalue weighted by Crippen LogP contribution is 2.22. The highest BCUT2D eigenvalue weighted by Gasteiger charge is 2.47. The second-order valence-electron chi connectivity index (χ2n) is 5.54. The van der Waals surface area contributed by atoms with Crippen LogP contribution in [0.15, 0.2) is 28.0 Å². The quantitative estimate of drug-likeness (QED) is 0.512. The summed E-state index contributed by atoms with van der Waals surface area (Å²) in [4.78, 5) is 38.9. The molecule has 1 saturated heterocycles. The lowest BCUT2D eigenvalue weighted by Crippen LogP contribution is -2.49. The van der Waals surface area contributed by atoms with Gasteiger partial charge in [0.25, 0.3) is 17.0 Å². The summed E-state index contributed by atoms with van der Waals surface area (Å²) in [7, 11) is 0. The van der Waals surface area contributed by atoms with Crippen molar-refractivity contribution in [1.29, 1.82) is 0 Å². The van der Waals surface area contributed by atoms with Gasteiger partial charge in [0.05, 0.1) is 5.75 Å². The van der Waals surface area contributed by atoms with Gasteiger partial charge in [0.15, 0.2) is 0 Å². The predicted octanol–water partition coefficient (Wildman–Crippen LogP) is 0.908. The predicted molar refractivity (Wildman–Crippen MR) is 87.0 cm³/mol. The van der Waals surface area contributed by atoms with Crippen LogP contribution in [-0.4, -0.2) is 49.3 Å². The molecular weight excluding hydrogens is 348 g/mol. The zero-order valence-corrected chi connectivity index (χ0v) is 14.3. The Hall–Kier alpha value is -2.82. The molecule has 2 aromatic heterocycles. The molecule has 0 unspecified atom stereocenters. The van der Waals surface area contributed by atoms with Crippen molar-refractivity contribution in [3.63, 3.8) is 0 Å². The molecule has 0 bridgehead atoms. The summed E-state index contributed by atoms with van der Waals surface area (Å²) >= 11 is 1.00. The van der Waals surface area contributed by atoms with E-state index in [2.05, 4.69) is 25.9 Å². The number of thioether (sulfide) groups is 1. The molecule has 3 N–H and O–H groups in total. The van der Waals surface area contributed by atoms with Crippen LogP contribution in [0.3, 0.4) is 0 Å². The molecule has 3 rings (SSSR count). The molecule has 10 nitrogen and oxygen atoms in total. The summed E-state index contributed by atoms with van der Waals surface area (Å²) in [5.74, 6) is -0.814. The molecular formula is C14H16N6O4S. The maximum Gasteiger partial charge on any atom is 0.344 e. The van der Waals surface area contributed by atoms with Gasteiger partial charge >= 0.3 is 6.03 Å². The smallest absolute Gasteiger partial charge is 0.344 e. The number of nitrogens with one attached hydrogen (secondary N) is 3. The van der Waals surface area contributed by atoms with Gasteiger partial charge in [-0.2, -0.15) is 5.01 Å². The number of hydrogen-bond acceptors (Lipinski definition) is 7. The molecule has 4 amide bonds. The first-order valence-corrected chi connectivity index (χ1v) is 8.48. The molecule has 1 fully saturated rings. The number of imide groups is 1. The highest BCUT2D eigenvalue weighted by molar-refractivity contribution is 7.99. The first-order valence-electron chi connectivity index (χ1n) is 7.49. The minimum absolute atomic E-state index is 0.0910. The summed E-state index contributed by atoms with van der Waals surface area (Å²) in [5.41, 5.74) is 1.95. The highest BCUT2D eigenvalue weighted by atomic mass is 32.2. The van der Waals surface area contributed by atoms with Gasteiger partial charge in [0.2, 0.25) is 5.91 Å². The topological polar surface area (TPSA) is 133 Å². The van der Waals surface area contributed by atoms with E-state index in [0.29, 0.717) is 23.0 Å². The van der Waals surface area contributed by atoms with Gasteiger partial charge in [-0.15, -0.1) is 10.2 Å². The van der Waals surface area contributed by atoms with Crippen LogP contribution in [0.4, 0.5) is 4.79 Å². The molecule has 0 saturated carbocycles. The van der Waals surface area contributed by atoms with Gasteiger partial charge in [-0.05, 0) is 25.5 Å². The van der Waals surface area contributed by atoms with Crippen molar-refractivity contribution in [2.45, 2.75) is 31.0 Å². The average Bonchev–Trinajstić information content (AvgIpc) is 3.30. The Morgan fingerprint density at radius 1 is 1.44 bits per heavy atom. The van der Waals surface area contributed by atoms with Gasteiger partial charge in [-0.3, -0.25) is 15.0 Å². The number of H-pyrrole nitrogens is 1. The second-order valence-corrected chi connectivity index (χ2v) is 6.46. The van der Waals surface area contributed by atoms with Crippen LogP contribution in [0.1, 0.15) is 20.3 Å². The zero-order chi connectivity index (χ0) is 18.0. The molecule has 0 aromatic carbocycles. The Bertz CT molecular complexity index is 804. The molecule has 1 atom stereocenters. The number of urea groups is 1. The average molecular weight is 364 g/mol.